The zero-order valence-electron chi connectivity index (χ0n) is 11.6. The number of Topliss-reactive ketones (excluding diaryl/α,β-unsaturated/α-hetero) is 1. The SMILES string of the molecule is O=C(CC(O)c1ccc2ccccc2c1)c1ccccc1. The Morgan fingerprint density at radius 1 is 0.857 bits per heavy atom. The molecular formula is C19H16O2. The molecule has 1 unspecified atom stereocenters. The molecule has 3 aromatic carbocycles. The molecule has 0 radical (unpaired) electrons. The van der Waals surface area contributed by atoms with Gasteiger partial charge in [-0.15, -0.1) is 0 Å². The van der Waals surface area contributed by atoms with E-state index in [1.807, 2.05) is 60.7 Å². The summed E-state index contributed by atoms with van der Waals surface area (Å²) in [5.41, 5.74) is 1.41. The van der Waals surface area contributed by atoms with Gasteiger partial charge in [0, 0.05) is 12.0 Å². The van der Waals surface area contributed by atoms with E-state index in [4.69, 9.17) is 0 Å². The Kier molecular flexibility index (Phi) is 3.80. The van der Waals surface area contributed by atoms with E-state index < -0.39 is 6.10 Å². The van der Waals surface area contributed by atoms with Crippen molar-refractivity contribution in [3.8, 4) is 0 Å². The Morgan fingerprint density at radius 2 is 1.52 bits per heavy atom. The second-order valence-corrected chi connectivity index (χ2v) is 5.12. The summed E-state index contributed by atoms with van der Waals surface area (Å²) >= 11 is 0. The first-order chi connectivity index (χ1) is 10.2. The highest BCUT2D eigenvalue weighted by atomic mass is 16.3. The molecule has 0 bridgehead atoms. The van der Waals surface area contributed by atoms with E-state index >= 15 is 0 Å². The highest BCUT2D eigenvalue weighted by Gasteiger charge is 2.14. The molecule has 1 atom stereocenters. The molecule has 0 saturated heterocycles. The Bertz CT molecular complexity index is 763. The van der Waals surface area contributed by atoms with Gasteiger partial charge in [0.05, 0.1) is 6.10 Å². The summed E-state index contributed by atoms with van der Waals surface area (Å²) in [5.74, 6) is -0.0451. The van der Waals surface area contributed by atoms with Crippen LogP contribution in [0.1, 0.15) is 28.4 Å². The Hall–Kier alpha value is -2.45. The molecule has 0 heterocycles. The number of carbonyl (C=O) groups excluding carboxylic acids is 1. The van der Waals surface area contributed by atoms with E-state index in [0.717, 1.165) is 16.3 Å². The van der Waals surface area contributed by atoms with Crippen molar-refractivity contribution in [2.75, 3.05) is 0 Å². The predicted octanol–water partition coefficient (Wildman–Crippen LogP) is 4.15. The van der Waals surface area contributed by atoms with Crippen LogP contribution in [0.2, 0.25) is 0 Å². The lowest BCUT2D eigenvalue weighted by Gasteiger charge is -2.11. The third kappa shape index (κ3) is 3.01. The topological polar surface area (TPSA) is 37.3 Å². The number of carbonyl (C=O) groups is 1. The summed E-state index contributed by atoms with van der Waals surface area (Å²) in [6.07, 6.45) is -0.676. The fourth-order valence-electron chi connectivity index (χ4n) is 2.45. The van der Waals surface area contributed by atoms with Crippen LogP contribution in [0, 0.1) is 0 Å². The molecule has 0 aromatic heterocycles. The standard InChI is InChI=1S/C19H16O2/c20-18(15-7-2-1-3-8-15)13-19(21)17-11-10-14-6-4-5-9-16(14)12-17/h1-12,19,21H,13H2. The van der Waals surface area contributed by atoms with Crippen LogP contribution in [0.25, 0.3) is 10.8 Å². The lowest BCUT2D eigenvalue weighted by Crippen LogP contribution is -2.07. The maximum atomic E-state index is 12.1. The van der Waals surface area contributed by atoms with E-state index in [2.05, 4.69) is 0 Å². The minimum absolute atomic E-state index is 0.0451. The van der Waals surface area contributed by atoms with Gasteiger partial charge in [-0.3, -0.25) is 4.79 Å². The van der Waals surface area contributed by atoms with Gasteiger partial charge in [-0.05, 0) is 22.4 Å². The van der Waals surface area contributed by atoms with Crippen LogP contribution in [0.15, 0.2) is 72.8 Å². The van der Waals surface area contributed by atoms with Crippen LogP contribution in [-0.2, 0) is 0 Å². The van der Waals surface area contributed by atoms with Gasteiger partial charge in [-0.25, -0.2) is 0 Å². The highest BCUT2D eigenvalue weighted by Crippen LogP contribution is 2.23. The number of hydrogen-bond acceptors (Lipinski definition) is 2. The molecule has 0 spiro atoms. The number of aliphatic hydroxyl groups excluding tert-OH is 1. The Labute approximate surface area is 123 Å². The molecule has 2 heteroatoms. The van der Waals surface area contributed by atoms with Crippen LogP contribution < -0.4 is 0 Å². The summed E-state index contributed by atoms with van der Waals surface area (Å²) < 4.78 is 0. The Balaban J connectivity index is 1.80. The van der Waals surface area contributed by atoms with Gasteiger partial charge in [0.15, 0.2) is 5.78 Å². The van der Waals surface area contributed by atoms with Crippen molar-refractivity contribution in [3.63, 3.8) is 0 Å². The van der Waals surface area contributed by atoms with E-state index in [0.29, 0.717) is 5.56 Å². The molecular weight excluding hydrogens is 260 g/mol. The van der Waals surface area contributed by atoms with Gasteiger partial charge in [0.1, 0.15) is 0 Å². The number of ketones is 1. The predicted molar refractivity (Wildman–Crippen MR) is 84.3 cm³/mol. The molecule has 3 rings (SSSR count). The van der Waals surface area contributed by atoms with Crippen LogP contribution in [0.3, 0.4) is 0 Å². The molecule has 21 heavy (non-hydrogen) atoms. The first-order valence-corrected chi connectivity index (χ1v) is 6.99. The van der Waals surface area contributed by atoms with Crippen molar-refractivity contribution in [1.29, 1.82) is 0 Å². The lowest BCUT2D eigenvalue weighted by molar-refractivity contribution is 0.0880. The van der Waals surface area contributed by atoms with Gasteiger partial charge in [-0.2, -0.15) is 0 Å². The average Bonchev–Trinajstić information content (AvgIpc) is 2.55. The maximum absolute atomic E-state index is 12.1. The van der Waals surface area contributed by atoms with Crippen molar-refractivity contribution < 1.29 is 9.90 Å². The lowest BCUT2D eigenvalue weighted by atomic mass is 9.98. The molecule has 3 aromatic rings. The van der Waals surface area contributed by atoms with E-state index in [1.165, 1.54) is 0 Å². The van der Waals surface area contributed by atoms with Crippen LogP contribution in [-0.4, -0.2) is 10.9 Å². The van der Waals surface area contributed by atoms with Crippen molar-refractivity contribution in [2.24, 2.45) is 0 Å². The molecule has 0 aliphatic rings. The van der Waals surface area contributed by atoms with Crippen LogP contribution >= 0.6 is 0 Å². The van der Waals surface area contributed by atoms with Crippen LogP contribution in [0.4, 0.5) is 0 Å². The third-order valence-corrected chi connectivity index (χ3v) is 3.63. The summed E-state index contributed by atoms with van der Waals surface area (Å²) in [6.45, 7) is 0. The molecule has 0 aliphatic carbocycles. The number of rotatable bonds is 4. The summed E-state index contributed by atoms with van der Waals surface area (Å²) in [7, 11) is 0. The third-order valence-electron chi connectivity index (χ3n) is 3.63. The minimum atomic E-state index is -0.776. The highest BCUT2D eigenvalue weighted by molar-refractivity contribution is 5.96. The number of aliphatic hydroxyl groups is 1. The van der Waals surface area contributed by atoms with Crippen molar-refractivity contribution in [3.05, 3.63) is 83.9 Å². The average molecular weight is 276 g/mol. The van der Waals surface area contributed by atoms with Crippen LogP contribution in [0.5, 0.6) is 0 Å². The molecule has 0 fully saturated rings. The van der Waals surface area contributed by atoms with Gasteiger partial charge >= 0.3 is 0 Å². The first-order valence-electron chi connectivity index (χ1n) is 6.99. The smallest absolute Gasteiger partial charge is 0.165 e. The van der Waals surface area contributed by atoms with E-state index in [-0.39, 0.29) is 12.2 Å². The summed E-state index contributed by atoms with van der Waals surface area (Å²) in [5, 5.41) is 12.5. The normalized spacial score (nSPS) is 12.2. The summed E-state index contributed by atoms with van der Waals surface area (Å²) in [4.78, 5) is 12.1. The van der Waals surface area contributed by atoms with Crippen molar-refractivity contribution in [1.82, 2.24) is 0 Å². The zero-order chi connectivity index (χ0) is 14.7. The monoisotopic (exact) mass is 276 g/mol. The maximum Gasteiger partial charge on any atom is 0.165 e. The first kappa shape index (κ1) is 13.5. The van der Waals surface area contributed by atoms with Gasteiger partial charge in [-0.1, -0.05) is 66.7 Å². The second-order valence-electron chi connectivity index (χ2n) is 5.12. The Morgan fingerprint density at radius 3 is 2.29 bits per heavy atom. The van der Waals surface area contributed by atoms with Crippen molar-refractivity contribution >= 4 is 16.6 Å². The largest absolute Gasteiger partial charge is 0.388 e. The van der Waals surface area contributed by atoms with E-state index in [1.54, 1.807) is 12.1 Å². The molecule has 0 aliphatic heterocycles. The fraction of sp³-hybridized carbons (Fsp3) is 0.105. The van der Waals surface area contributed by atoms with Gasteiger partial charge in [0.25, 0.3) is 0 Å². The fourth-order valence-corrected chi connectivity index (χ4v) is 2.45. The molecule has 104 valence electrons. The summed E-state index contributed by atoms with van der Waals surface area (Å²) in [6, 6.07) is 22.9. The molecule has 1 N–H and O–H groups in total. The number of benzene rings is 3. The molecule has 0 saturated carbocycles. The minimum Gasteiger partial charge on any atom is -0.388 e. The van der Waals surface area contributed by atoms with Gasteiger partial charge < -0.3 is 5.11 Å². The quantitative estimate of drug-likeness (QED) is 0.727. The van der Waals surface area contributed by atoms with Crippen molar-refractivity contribution in [2.45, 2.75) is 12.5 Å². The molecule has 2 nitrogen and oxygen atoms in total. The second kappa shape index (κ2) is 5.90. The zero-order valence-corrected chi connectivity index (χ0v) is 11.6. The van der Waals surface area contributed by atoms with E-state index in [9.17, 15) is 9.90 Å². The number of hydrogen-bond donors (Lipinski definition) is 1. The number of fused-ring (bicyclic) bond motifs is 1. The van der Waals surface area contributed by atoms with Gasteiger partial charge in [0.2, 0.25) is 0 Å². The molecule has 0 amide bonds.